The van der Waals surface area contributed by atoms with Crippen molar-refractivity contribution in [2.24, 2.45) is 7.05 Å². The molecule has 27 heavy (non-hydrogen) atoms. The van der Waals surface area contributed by atoms with Gasteiger partial charge in [0, 0.05) is 24.4 Å². The Balaban J connectivity index is 1.71. The van der Waals surface area contributed by atoms with Crippen molar-refractivity contribution in [3.05, 3.63) is 85.4 Å². The van der Waals surface area contributed by atoms with E-state index in [1.54, 1.807) is 10.9 Å². The van der Waals surface area contributed by atoms with Crippen LogP contribution in [0.4, 0.5) is 0 Å². The highest BCUT2D eigenvalue weighted by atomic mass is 16.3. The molecule has 0 unspecified atom stereocenters. The number of furan rings is 1. The molecule has 0 radical (unpaired) electrons. The van der Waals surface area contributed by atoms with Crippen molar-refractivity contribution in [2.45, 2.75) is 0 Å². The molecule has 0 N–H and O–H groups in total. The Labute approximate surface area is 156 Å². The topological polar surface area (TPSA) is 43.9 Å². The average Bonchev–Trinajstić information content (AvgIpc) is 3.34. The summed E-state index contributed by atoms with van der Waals surface area (Å²) in [6.45, 7) is 0. The molecule has 0 aliphatic rings. The molecule has 0 fully saturated rings. The number of rotatable bonds is 3. The summed E-state index contributed by atoms with van der Waals surface area (Å²) in [5.41, 5.74) is 7.95. The van der Waals surface area contributed by atoms with Crippen molar-refractivity contribution < 1.29 is 4.42 Å². The molecule has 2 aromatic carbocycles. The lowest BCUT2D eigenvalue weighted by Crippen LogP contribution is -1.87. The zero-order valence-corrected chi connectivity index (χ0v) is 14.8. The molecule has 130 valence electrons. The number of hydrogen-bond donors (Lipinski definition) is 0. The number of pyridine rings is 1. The number of benzene rings is 2. The van der Waals surface area contributed by atoms with Crippen molar-refractivity contribution >= 4 is 11.1 Å². The molecule has 0 spiro atoms. The van der Waals surface area contributed by atoms with Gasteiger partial charge in [0.05, 0.1) is 11.9 Å². The standard InChI is InChI=1S/C23H17N3O/c1-26-14-17(13-24-26)21-11-12-22-23(25-21)20(15-27-22)19-10-6-5-9-18(19)16-7-3-2-4-8-16/h2-15H,1H3. The van der Waals surface area contributed by atoms with Gasteiger partial charge in [-0.3, -0.25) is 4.68 Å². The van der Waals surface area contributed by atoms with Gasteiger partial charge in [0.25, 0.3) is 0 Å². The van der Waals surface area contributed by atoms with Gasteiger partial charge in [0.15, 0.2) is 5.58 Å². The predicted molar refractivity (Wildman–Crippen MR) is 107 cm³/mol. The van der Waals surface area contributed by atoms with Crippen LogP contribution in [0.2, 0.25) is 0 Å². The van der Waals surface area contributed by atoms with Crippen LogP contribution in [0.15, 0.2) is 89.8 Å². The number of aromatic nitrogens is 3. The lowest BCUT2D eigenvalue weighted by Gasteiger charge is -2.08. The van der Waals surface area contributed by atoms with Gasteiger partial charge in [-0.1, -0.05) is 54.6 Å². The van der Waals surface area contributed by atoms with Crippen LogP contribution in [0, 0.1) is 0 Å². The monoisotopic (exact) mass is 351 g/mol. The number of hydrogen-bond acceptors (Lipinski definition) is 3. The smallest absolute Gasteiger partial charge is 0.153 e. The summed E-state index contributed by atoms with van der Waals surface area (Å²) >= 11 is 0. The van der Waals surface area contributed by atoms with Crippen molar-refractivity contribution in [3.8, 4) is 33.5 Å². The molecule has 4 heteroatoms. The highest BCUT2D eigenvalue weighted by Crippen LogP contribution is 2.37. The molecule has 3 aromatic heterocycles. The van der Waals surface area contributed by atoms with E-state index in [4.69, 9.17) is 9.40 Å². The minimum absolute atomic E-state index is 0.778. The summed E-state index contributed by atoms with van der Waals surface area (Å²) in [5, 5.41) is 4.25. The van der Waals surface area contributed by atoms with Crippen molar-refractivity contribution in [1.82, 2.24) is 14.8 Å². The van der Waals surface area contributed by atoms with Crippen molar-refractivity contribution in [1.29, 1.82) is 0 Å². The summed E-state index contributed by atoms with van der Waals surface area (Å²) in [4.78, 5) is 4.88. The molecule has 0 bridgehead atoms. The molecule has 4 nitrogen and oxygen atoms in total. The first-order valence-electron chi connectivity index (χ1n) is 8.82. The third-order valence-electron chi connectivity index (χ3n) is 4.72. The number of aryl methyl sites for hydroxylation is 1. The fraction of sp³-hybridized carbons (Fsp3) is 0.0435. The maximum absolute atomic E-state index is 5.81. The molecule has 0 saturated carbocycles. The van der Waals surface area contributed by atoms with Crippen LogP contribution < -0.4 is 0 Å². The van der Waals surface area contributed by atoms with Crippen molar-refractivity contribution in [3.63, 3.8) is 0 Å². The Kier molecular flexibility index (Phi) is 3.61. The van der Waals surface area contributed by atoms with Gasteiger partial charge in [0.2, 0.25) is 0 Å². The minimum atomic E-state index is 0.778. The normalized spacial score (nSPS) is 11.1. The quantitative estimate of drug-likeness (QED) is 0.427. The minimum Gasteiger partial charge on any atom is -0.462 e. The summed E-state index contributed by atoms with van der Waals surface area (Å²) in [6.07, 6.45) is 5.59. The third kappa shape index (κ3) is 2.72. The van der Waals surface area contributed by atoms with E-state index in [2.05, 4.69) is 47.6 Å². The van der Waals surface area contributed by atoms with E-state index in [0.717, 1.165) is 39.0 Å². The Bertz CT molecular complexity index is 1230. The molecule has 3 heterocycles. The van der Waals surface area contributed by atoms with E-state index in [1.165, 1.54) is 5.56 Å². The second-order valence-electron chi connectivity index (χ2n) is 6.51. The van der Waals surface area contributed by atoms with Gasteiger partial charge in [-0.25, -0.2) is 4.98 Å². The first-order chi connectivity index (χ1) is 13.3. The zero-order chi connectivity index (χ0) is 18.2. The lowest BCUT2D eigenvalue weighted by atomic mass is 9.95. The first-order valence-corrected chi connectivity index (χ1v) is 8.82. The Morgan fingerprint density at radius 3 is 2.33 bits per heavy atom. The van der Waals surface area contributed by atoms with Gasteiger partial charge >= 0.3 is 0 Å². The van der Waals surface area contributed by atoms with Crippen LogP contribution in [-0.4, -0.2) is 14.8 Å². The highest BCUT2D eigenvalue weighted by Gasteiger charge is 2.15. The SMILES string of the molecule is Cn1cc(-c2ccc3occ(-c4ccccc4-c4ccccc4)c3n2)cn1. The number of nitrogens with zero attached hydrogens (tertiary/aromatic N) is 3. The van der Waals surface area contributed by atoms with E-state index >= 15 is 0 Å². The maximum atomic E-state index is 5.81. The third-order valence-corrected chi connectivity index (χ3v) is 4.72. The largest absolute Gasteiger partial charge is 0.462 e. The average molecular weight is 351 g/mol. The van der Waals surface area contributed by atoms with Crippen LogP contribution in [0.5, 0.6) is 0 Å². The molecule has 0 aliphatic carbocycles. The van der Waals surface area contributed by atoms with Gasteiger partial charge in [-0.2, -0.15) is 5.10 Å². The van der Waals surface area contributed by atoms with E-state index in [-0.39, 0.29) is 0 Å². The van der Waals surface area contributed by atoms with E-state index in [1.807, 2.05) is 43.7 Å². The molecule has 5 rings (SSSR count). The number of fused-ring (bicyclic) bond motifs is 1. The Hall–Kier alpha value is -3.66. The summed E-state index contributed by atoms with van der Waals surface area (Å²) in [7, 11) is 1.90. The van der Waals surface area contributed by atoms with E-state index in [0.29, 0.717) is 0 Å². The van der Waals surface area contributed by atoms with Crippen LogP contribution in [0.1, 0.15) is 0 Å². The predicted octanol–water partition coefficient (Wildman–Crippen LogP) is 5.56. The van der Waals surface area contributed by atoms with Gasteiger partial charge in [0.1, 0.15) is 11.8 Å². The second kappa shape index (κ2) is 6.25. The lowest BCUT2D eigenvalue weighted by molar-refractivity contribution is 0.616. The summed E-state index contributed by atoms with van der Waals surface area (Å²) in [5.74, 6) is 0. The van der Waals surface area contributed by atoms with Crippen LogP contribution in [-0.2, 0) is 7.05 Å². The van der Waals surface area contributed by atoms with Gasteiger partial charge < -0.3 is 4.42 Å². The van der Waals surface area contributed by atoms with E-state index < -0.39 is 0 Å². The molecule has 0 saturated heterocycles. The van der Waals surface area contributed by atoms with Crippen molar-refractivity contribution in [2.75, 3.05) is 0 Å². The Morgan fingerprint density at radius 1 is 0.778 bits per heavy atom. The molecule has 0 amide bonds. The molecule has 0 aliphatic heterocycles. The molecule has 0 atom stereocenters. The second-order valence-corrected chi connectivity index (χ2v) is 6.51. The summed E-state index contributed by atoms with van der Waals surface area (Å²) < 4.78 is 7.59. The first kappa shape index (κ1) is 15.6. The molecule has 5 aromatic rings. The van der Waals surface area contributed by atoms with E-state index in [9.17, 15) is 0 Å². The zero-order valence-electron chi connectivity index (χ0n) is 14.8. The maximum Gasteiger partial charge on any atom is 0.153 e. The highest BCUT2D eigenvalue weighted by molar-refractivity contribution is 5.97. The molecular weight excluding hydrogens is 334 g/mol. The van der Waals surface area contributed by atoms with Crippen LogP contribution in [0.25, 0.3) is 44.6 Å². The fourth-order valence-electron chi connectivity index (χ4n) is 3.41. The fourth-order valence-corrected chi connectivity index (χ4v) is 3.41. The van der Waals surface area contributed by atoms with Crippen LogP contribution >= 0.6 is 0 Å². The Morgan fingerprint density at radius 2 is 1.56 bits per heavy atom. The molecular formula is C23H17N3O. The van der Waals surface area contributed by atoms with Crippen LogP contribution in [0.3, 0.4) is 0 Å². The van der Waals surface area contributed by atoms with Gasteiger partial charge in [-0.15, -0.1) is 0 Å². The van der Waals surface area contributed by atoms with Gasteiger partial charge in [-0.05, 0) is 28.8 Å². The summed E-state index contributed by atoms with van der Waals surface area (Å²) in [6, 6.07) is 22.7.